The van der Waals surface area contributed by atoms with Gasteiger partial charge in [-0.15, -0.1) is 0 Å². The van der Waals surface area contributed by atoms with E-state index in [4.69, 9.17) is 14.7 Å². The minimum atomic E-state index is -0.593. The fraction of sp³-hybridized carbons (Fsp3) is 0.467. The number of methoxy groups -OCH3 is 1. The van der Waals surface area contributed by atoms with Crippen LogP contribution in [0.5, 0.6) is 5.75 Å². The third-order valence-corrected chi connectivity index (χ3v) is 2.44. The molecule has 0 saturated carbocycles. The minimum absolute atomic E-state index is 0.220. The van der Waals surface area contributed by atoms with E-state index in [1.54, 1.807) is 32.9 Å². The van der Waals surface area contributed by atoms with Crippen molar-refractivity contribution in [3.05, 3.63) is 24.3 Å². The molecule has 108 valence electrons. The van der Waals surface area contributed by atoms with Crippen LogP contribution in [0.25, 0.3) is 0 Å². The van der Waals surface area contributed by atoms with Crippen molar-refractivity contribution >= 4 is 11.8 Å². The first-order valence-corrected chi connectivity index (χ1v) is 6.39. The zero-order valence-electron chi connectivity index (χ0n) is 12.3. The summed E-state index contributed by atoms with van der Waals surface area (Å²) >= 11 is 0. The highest BCUT2D eigenvalue weighted by Gasteiger charge is 2.25. The van der Waals surface area contributed by atoms with Gasteiger partial charge in [-0.1, -0.05) is 12.1 Å². The Hall–Kier alpha value is -2.22. The first kappa shape index (κ1) is 15.8. The van der Waals surface area contributed by atoms with Crippen LogP contribution in [0.3, 0.4) is 0 Å². The maximum Gasteiger partial charge on any atom is 0.414 e. The van der Waals surface area contributed by atoms with E-state index in [1.807, 2.05) is 18.2 Å². The monoisotopic (exact) mass is 276 g/mol. The maximum atomic E-state index is 12.3. The molecule has 20 heavy (non-hydrogen) atoms. The van der Waals surface area contributed by atoms with E-state index in [2.05, 4.69) is 0 Å². The SMILES string of the molecule is COc1ccccc1N(CCC#N)C(=O)OC(C)(C)C. The summed E-state index contributed by atoms with van der Waals surface area (Å²) in [5.74, 6) is 0.566. The molecule has 0 heterocycles. The summed E-state index contributed by atoms with van der Waals surface area (Å²) < 4.78 is 10.6. The molecule has 1 amide bonds. The van der Waals surface area contributed by atoms with E-state index in [1.165, 1.54) is 12.0 Å². The number of para-hydroxylation sites is 2. The van der Waals surface area contributed by atoms with Gasteiger partial charge in [0.25, 0.3) is 0 Å². The summed E-state index contributed by atoms with van der Waals surface area (Å²) in [5.41, 5.74) is 0.00350. The Kier molecular flexibility index (Phi) is 5.39. The lowest BCUT2D eigenvalue weighted by Crippen LogP contribution is -2.37. The predicted molar refractivity (Wildman–Crippen MR) is 76.8 cm³/mol. The Labute approximate surface area is 119 Å². The van der Waals surface area contributed by atoms with Crippen molar-refractivity contribution in [3.63, 3.8) is 0 Å². The number of amides is 1. The molecule has 0 aliphatic rings. The number of carbonyl (C=O) groups is 1. The molecule has 5 nitrogen and oxygen atoms in total. The molecule has 0 aromatic heterocycles. The lowest BCUT2D eigenvalue weighted by molar-refractivity contribution is 0.0580. The van der Waals surface area contributed by atoms with Gasteiger partial charge >= 0.3 is 6.09 Å². The largest absolute Gasteiger partial charge is 0.495 e. The van der Waals surface area contributed by atoms with E-state index >= 15 is 0 Å². The normalized spacial score (nSPS) is 10.6. The van der Waals surface area contributed by atoms with Gasteiger partial charge in [-0.25, -0.2) is 4.79 Å². The third kappa shape index (κ3) is 4.47. The number of hydrogen-bond acceptors (Lipinski definition) is 4. The van der Waals surface area contributed by atoms with Gasteiger partial charge in [0.15, 0.2) is 0 Å². The van der Waals surface area contributed by atoms with Gasteiger partial charge in [0.2, 0.25) is 0 Å². The number of anilines is 1. The summed E-state index contributed by atoms with van der Waals surface area (Å²) in [6.45, 7) is 5.66. The minimum Gasteiger partial charge on any atom is -0.495 e. The molecular weight excluding hydrogens is 256 g/mol. The van der Waals surface area contributed by atoms with Crippen LogP contribution in [0.2, 0.25) is 0 Å². The number of hydrogen-bond donors (Lipinski definition) is 0. The van der Waals surface area contributed by atoms with Crippen molar-refractivity contribution in [1.29, 1.82) is 5.26 Å². The lowest BCUT2D eigenvalue weighted by Gasteiger charge is -2.27. The maximum absolute atomic E-state index is 12.3. The first-order valence-electron chi connectivity index (χ1n) is 6.39. The molecule has 0 saturated heterocycles. The van der Waals surface area contributed by atoms with Gasteiger partial charge in [-0.05, 0) is 32.9 Å². The number of benzene rings is 1. The molecule has 0 atom stereocenters. The Bertz CT molecular complexity index is 501. The van der Waals surface area contributed by atoms with Crippen LogP contribution in [-0.4, -0.2) is 25.3 Å². The van der Waals surface area contributed by atoms with E-state index in [0.29, 0.717) is 11.4 Å². The Balaban J connectivity index is 3.06. The predicted octanol–water partition coefficient (Wildman–Crippen LogP) is 3.35. The second-order valence-corrected chi connectivity index (χ2v) is 5.21. The number of rotatable bonds is 4. The molecular formula is C15H20N2O3. The highest BCUT2D eigenvalue weighted by Crippen LogP contribution is 2.29. The Morgan fingerprint density at radius 1 is 1.35 bits per heavy atom. The summed E-state index contributed by atoms with van der Waals surface area (Å²) in [4.78, 5) is 13.7. The van der Waals surface area contributed by atoms with Crippen LogP contribution in [-0.2, 0) is 4.74 Å². The molecule has 0 bridgehead atoms. The van der Waals surface area contributed by atoms with E-state index in [0.717, 1.165) is 0 Å². The van der Waals surface area contributed by atoms with Crippen molar-refractivity contribution in [2.45, 2.75) is 32.8 Å². The fourth-order valence-corrected chi connectivity index (χ4v) is 1.64. The smallest absolute Gasteiger partial charge is 0.414 e. The molecule has 0 unspecified atom stereocenters. The van der Waals surface area contributed by atoms with Crippen molar-refractivity contribution in [2.24, 2.45) is 0 Å². The third-order valence-electron chi connectivity index (χ3n) is 2.44. The molecule has 5 heteroatoms. The van der Waals surface area contributed by atoms with Crippen molar-refractivity contribution in [3.8, 4) is 11.8 Å². The van der Waals surface area contributed by atoms with Gasteiger partial charge < -0.3 is 9.47 Å². The fourth-order valence-electron chi connectivity index (χ4n) is 1.64. The highest BCUT2D eigenvalue weighted by molar-refractivity contribution is 5.89. The van der Waals surface area contributed by atoms with E-state index in [-0.39, 0.29) is 13.0 Å². The molecule has 0 spiro atoms. The summed E-state index contributed by atoms with van der Waals surface area (Å²) in [6.07, 6.45) is -0.269. The molecule has 0 aliphatic heterocycles. The highest BCUT2D eigenvalue weighted by atomic mass is 16.6. The number of ether oxygens (including phenoxy) is 2. The molecule has 0 aliphatic carbocycles. The topological polar surface area (TPSA) is 62.6 Å². The van der Waals surface area contributed by atoms with Gasteiger partial charge in [-0.3, -0.25) is 4.90 Å². The van der Waals surface area contributed by atoms with Crippen molar-refractivity contribution in [1.82, 2.24) is 0 Å². The molecule has 0 radical (unpaired) electrons. The quantitative estimate of drug-likeness (QED) is 0.846. The Morgan fingerprint density at radius 3 is 2.55 bits per heavy atom. The summed E-state index contributed by atoms with van der Waals surface area (Å²) in [7, 11) is 1.54. The van der Waals surface area contributed by atoms with Crippen LogP contribution in [0.15, 0.2) is 24.3 Å². The van der Waals surface area contributed by atoms with Crippen molar-refractivity contribution < 1.29 is 14.3 Å². The molecule has 1 rings (SSSR count). The number of nitrogens with zero attached hydrogens (tertiary/aromatic N) is 2. The number of carbonyl (C=O) groups excluding carboxylic acids is 1. The Morgan fingerprint density at radius 2 is 2.00 bits per heavy atom. The molecule has 1 aromatic carbocycles. The van der Waals surface area contributed by atoms with Crippen LogP contribution in [0.1, 0.15) is 27.2 Å². The standard InChI is InChI=1S/C15H20N2O3/c1-15(2,3)20-14(18)17(11-7-10-16)12-8-5-6-9-13(12)19-4/h5-6,8-9H,7,11H2,1-4H3. The van der Waals surface area contributed by atoms with Gasteiger partial charge in [-0.2, -0.15) is 5.26 Å². The van der Waals surface area contributed by atoms with Gasteiger partial charge in [0.1, 0.15) is 11.4 Å². The average molecular weight is 276 g/mol. The average Bonchev–Trinajstić information content (AvgIpc) is 2.37. The van der Waals surface area contributed by atoms with Crippen LogP contribution < -0.4 is 9.64 Å². The van der Waals surface area contributed by atoms with E-state index in [9.17, 15) is 4.79 Å². The van der Waals surface area contributed by atoms with Gasteiger partial charge in [0, 0.05) is 6.54 Å². The second kappa shape index (κ2) is 6.80. The summed E-state index contributed by atoms with van der Waals surface area (Å²) in [6, 6.07) is 9.19. The lowest BCUT2D eigenvalue weighted by atomic mass is 10.2. The zero-order chi connectivity index (χ0) is 15.2. The molecule has 0 N–H and O–H groups in total. The van der Waals surface area contributed by atoms with Crippen LogP contribution >= 0.6 is 0 Å². The summed E-state index contributed by atoms with van der Waals surface area (Å²) in [5, 5.41) is 8.74. The van der Waals surface area contributed by atoms with Crippen LogP contribution in [0, 0.1) is 11.3 Å². The first-order chi connectivity index (χ1) is 9.39. The zero-order valence-corrected chi connectivity index (χ0v) is 12.3. The van der Waals surface area contributed by atoms with Gasteiger partial charge in [0.05, 0.1) is 25.3 Å². The molecule has 0 fully saturated rings. The molecule has 1 aromatic rings. The van der Waals surface area contributed by atoms with Crippen molar-refractivity contribution in [2.75, 3.05) is 18.6 Å². The van der Waals surface area contributed by atoms with E-state index < -0.39 is 11.7 Å². The second-order valence-electron chi connectivity index (χ2n) is 5.21. The van der Waals surface area contributed by atoms with Crippen LogP contribution in [0.4, 0.5) is 10.5 Å². The number of nitriles is 1.